The van der Waals surface area contributed by atoms with E-state index in [0.29, 0.717) is 27.6 Å². The highest BCUT2D eigenvalue weighted by Gasteiger charge is 2.14. The predicted molar refractivity (Wildman–Crippen MR) is 123 cm³/mol. The average molecular weight is 433 g/mol. The highest BCUT2D eigenvalue weighted by molar-refractivity contribution is 6.30. The number of hydrogen-bond acceptors (Lipinski definition) is 3. The number of carbonyl (C=O) groups excluding carboxylic acids is 2. The Kier molecular flexibility index (Phi) is 7.62. The Hall–Kier alpha value is -3.83. The fourth-order valence-electron chi connectivity index (χ4n) is 2.67. The molecule has 3 rings (SSSR count). The third-order valence-electron chi connectivity index (χ3n) is 4.15. The molecule has 6 heteroatoms. The molecule has 3 aromatic carbocycles. The summed E-state index contributed by atoms with van der Waals surface area (Å²) in [6.07, 6.45) is 3.15. The van der Waals surface area contributed by atoms with Gasteiger partial charge in [-0.2, -0.15) is 0 Å². The molecule has 3 aromatic rings. The van der Waals surface area contributed by atoms with Crippen LogP contribution in [0.5, 0.6) is 11.5 Å². The molecule has 0 radical (unpaired) electrons. The quantitative estimate of drug-likeness (QED) is 0.379. The standard InChI is InChI=1S/C25H21ClN2O3/c1-2-15-27-25(30)23(28-24(29)19-11-13-20(26)14-12-19)17-18-7-6-10-22(16-18)31-21-8-4-3-5-9-21/h2-14,16-17H,1,15H2,(H,27,30)(H,28,29)/b23-17+. The predicted octanol–water partition coefficient (Wildman–Crippen LogP) is 5.21. The van der Waals surface area contributed by atoms with Gasteiger partial charge in [0.1, 0.15) is 17.2 Å². The van der Waals surface area contributed by atoms with Crippen molar-refractivity contribution in [3.8, 4) is 11.5 Å². The lowest BCUT2D eigenvalue weighted by atomic mass is 10.1. The molecule has 5 nitrogen and oxygen atoms in total. The van der Waals surface area contributed by atoms with Crippen molar-refractivity contribution in [2.75, 3.05) is 6.54 Å². The Morgan fingerprint density at radius 2 is 1.65 bits per heavy atom. The third kappa shape index (κ3) is 6.59. The molecule has 0 saturated carbocycles. The van der Waals surface area contributed by atoms with Gasteiger partial charge in [0, 0.05) is 17.1 Å². The Morgan fingerprint density at radius 3 is 2.35 bits per heavy atom. The lowest BCUT2D eigenvalue weighted by Gasteiger charge is -2.11. The Bertz CT molecular complexity index is 1090. The topological polar surface area (TPSA) is 67.4 Å². The van der Waals surface area contributed by atoms with E-state index >= 15 is 0 Å². The minimum Gasteiger partial charge on any atom is -0.457 e. The molecule has 0 aliphatic heterocycles. The van der Waals surface area contributed by atoms with Crippen LogP contribution in [0.15, 0.2) is 97.2 Å². The van der Waals surface area contributed by atoms with Gasteiger partial charge in [-0.05, 0) is 60.2 Å². The van der Waals surface area contributed by atoms with Crippen LogP contribution >= 0.6 is 11.6 Å². The molecule has 2 N–H and O–H groups in total. The SMILES string of the molecule is C=CCNC(=O)/C(=C\c1cccc(Oc2ccccc2)c1)NC(=O)c1ccc(Cl)cc1. The van der Waals surface area contributed by atoms with Gasteiger partial charge in [0.15, 0.2) is 0 Å². The van der Waals surface area contributed by atoms with Crippen LogP contribution in [0, 0.1) is 0 Å². The van der Waals surface area contributed by atoms with Gasteiger partial charge in [0.2, 0.25) is 0 Å². The van der Waals surface area contributed by atoms with E-state index in [1.807, 2.05) is 48.5 Å². The number of rotatable bonds is 8. The van der Waals surface area contributed by atoms with E-state index in [1.165, 1.54) is 0 Å². The van der Waals surface area contributed by atoms with Crippen molar-refractivity contribution >= 4 is 29.5 Å². The first-order valence-corrected chi connectivity index (χ1v) is 9.93. The normalized spacial score (nSPS) is 10.8. The summed E-state index contributed by atoms with van der Waals surface area (Å²) in [5, 5.41) is 5.87. The molecule has 0 fully saturated rings. The van der Waals surface area contributed by atoms with E-state index in [0.717, 1.165) is 0 Å². The number of amides is 2. The highest BCUT2D eigenvalue weighted by Crippen LogP contribution is 2.22. The number of carbonyl (C=O) groups is 2. The lowest BCUT2D eigenvalue weighted by molar-refractivity contribution is -0.117. The van der Waals surface area contributed by atoms with Crippen molar-refractivity contribution in [3.63, 3.8) is 0 Å². The van der Waals surface area contributed by atoms with Crippen LogP contribution in [0.4, 0.5) is 0 Å². The lowest BCUT2D eigenvalue weighted by Crippen LogP contribution is -2.34. The van der Waals surface area contributed by atoms with Crippen LogP contribution in [0.3, 0.4) is 0 Å². The summed E-state index contributed by atoms with van der Waals surface area (Å²) in [5.41, 5.74) is 1.17. The zero-order valence-electron chi connectivity index (χ0n) is 16.7. The summed E-state index contributed by atoms with van der Waals surface area (Å²) in [5.74, 6) is 0.448. The molecule has 0 aliphatic carbocycles. The first kappa shape index (κ1) is 21.9. The number of ether oxygens (including phenoxy) is 1. The Morgan fingerprint density at radius 1 is 0.935 bits per heavy atom. The van der Waals surface area contributed by atoms with Crippen LogP contribution in [0.25, 0.3) is 6.08 Å². The Labute approximate surface area is 186 Å². The van der Waals surface area contributed by atoms with Crippen LogP contribution in [-0.4, -0.2) is 18.4 Å². The van der Waals surface area contributed by atoms with Crippen LogP contribution in [-0.2, 0) is 4.79 Å². The number of halogens is 1. The molecule has 0 spiro atoms. The largest absolute Gasteiger partial charge is 0.457 e. The van der Waals surface area contributed by atoms with Crippen molar-refractivity contribution < 1.29 is 14.3 Å². The van der Waals surface area contributed by atoms with Gasteiger partial charge in [0.05, 0.1) is 0 Å². The van der Waals surface area contributed by atoms with E-state index in [2.05, 4.69) is 17.2 Å². The number of para-hydroxylation sites is 1. The van der Waals surface area contributed by atoms with Gasteiger partial charge >= 0.3 is 0 Å². The molecule has 2 amide bonds. The smallest absolute Gasteiger partial charge is 0.268 e. The maximum Gasteiger partial charge on any atom is 0.268 e. The van der Waals surface area contributed by atoms with E-state index in [1.54, 1.807) is 42.5 Å². The van der Waals surface area contributed by atoms with E-state index in [-0.39, 0.29) is 12.2 Å². The number of nitrogens with one attached hydrogen (secondary N) is 2. The molecular weight excluding hydrogens is 412 g/mol. The van der Waals surface area contributed by atoms with Crippen LogP contribution < -0.4 is 15.4 Å². The van der Waals surface area contributed by atoms with Gasteiger partial charge in [-0.1, -0.05) is 48.0 Å². The van der Waals surface area contributed by atoms with Crippen molar-refractivity contribution in [3.05, 3.63) is 113 Å². The first-order chi connectivity index (χ1) is 15.0. The summed E-state index contributed by atoms with van der Waals surface area (Å²) in [7, 11) is 0. The third-order valence-corrected chi connectivity index (χ3v) is 4.41. The van der Waals surface area contributed by atoms with E-state index in [9.17, 15) is 9.59 Å². The zero-order valence-corrected chi connectivity index (χ0v) is 17.4. The minimum atomic E-state index is -0.434. The molecule has 0 aliphatic rings. The number of benzene rings is 3. The van der Waals surface area contributed by atoms with E-state index in [4.69, 9.17) is 16.3 Å². The van der Waals surface area contributed by atoms with Gasteiger partial charge in [-0.15, -0.1) is 6.58 Å². The molecule has 0 unspecified atom stereocenters. The molecule has 0 bridgehead atoms. The maximum atomic E-state index is 12.6. The fraction of sp³-hybridized carbons (Fsp3) is 0.0400. The fourth-order valence-corrected chi connectivity index (χ4v) is 2.80. The molecule has 0 atom stereocenters. The second kappa shape index (κ2) is 10.8. The second-order valence-corrected chi connectivity index (χ2v) is 6.94. The molecule has 31 heavy (non-hydrogen) atoms. The molecule has 0 aromatic heterocycles. The van der Waals surface area contributed by atoms with Gasteiger partial charge in [-0.25, -0.2) is 0 Å². The zero-order chi connectivity index (χ0) is 22.1. The average Bonchev–Trinajstić information content (AvgIpc) is 2.78. The van der Waals surface area contributed by atoms with Crippen molar-refractivity contribution in [1.82, 2.24) is 10.6 Å². The molecular formula is C25H21ClN2O3. The Balaban J connectivity index is 1.85. The van der Waals surface area contributed by atoms with Crippen molar-refractivity contribution in [1.29, 1.82) is 0 Å². The molecule has 0 heterocycles. The monoisotopic (exact) mass is 432 g/mol. The van der Waals surface area contributed by atoms with E-state index < -0.39 is 11.8 Å². The minimum absolute atomic E-state index is 0.0960. The summed E-state index contributed by atoms with van der Waals surface area (Å²) in [6, 6.07) is 23.0. The van der Waals surface area contributed by atoms with Crippen LogP contribution in [0.2, 0.25) is 5.02 Å². The van der Waals surface area contributed by atoms with Crippen molar-refractivity contribution in [2.45, 2.75) is 0 Å². The molecule has 156 valence electrons. The molecule has 0 saturated heterocycles. The summed E-state index contributed by atoms with van der Waals surface area (Å²) in [6.45, 7) is 3.86. The summed E-state index contributed by atoms with van der Waals surface area (Å²) in [4.78, 5) is 25.2. The highest BCUT2D eigenvalue weighted by atomic mass is 35.5. The van der Waals surface area contributed by atoms with Gasteiger partial charge < -0.3 is 15.4 Å². The van der Waals surface area contributed by atoms with Gasteiger partial charge in [0.25, 0.3) is 11.8 Å². The number of hydrogen-bond donors (Lipinski definition) is 2. The summed E-state index contributed by atoms with van der Waals surface area (Å²) >= 11 is 5.88. The van der Waals surface area contributed by atoms with Crippen molar-refractivity contribution in [2.24, 2.45) is 0 Å². The first-order valence-electron chi connectivity index (χ1n) is 9.56. The second-order valence-electron chi connectivity index (χ2n) is 6.51. The van der Waals surface area contributed by atoms with Crippen LogP contribution in [0.1, 0.15) is 15.9 Å². The maximum absolute atomic E-state index is 12.6. The van der Waals surface area contributed by atoms with Gasteiger partial charge in [-0.3, -0.25) is 9.59 Å². The summed E-state index contributed by atoms with van der Waals surface area (Å²) < 4.78 is 5.84.